The van der Waals surface area contributed by atoms with E-state index in [1.807, 2.05) is 18.0 Å². The lowest BCUT2D eigenvalue weighted by Crippen LogP contribution is -2.64. The highest BCUT2D eigenvalue weighted by Crippen LogP contribution is 2.46. The Morgan fingerprint density at radius 3 is 2.51 bits per heavy atom. The molecule has 1 aromatic carbocycles. The topological polar surface area (TPSA) is 91.8 Å². The van der Waals surface area contributed by atoms with Crippen molar-refractivity contribution in [2.45, 2.75) is 64.6 Å². The molecule has 0 radical (unpaired) electrons. The summed E-state index contributed by atoms with van der Waals surface area (Å²) in [5.74, 6) is 0.943. The van der Waals surface area contributed by atoms with E-state index in [4.69, 9.17) is 26.2 Å². The lowest BCUT2D eigenvalue weighted by Gasteiger charge is -2.51. The summed E-state index contributed by atoms with van der Waals surface area (Å²) >= 11 is 7.16. The van der Waals surface area contributed by atoms with Crippen molar-refractivity contribution in [3.63, 3.8) is 0 Å². The highest BCUT2D eigenvalue weighted by atomic mass is 35.5. The van der Waals surface area contributed by atoms with Gasteiger partial charge >= 0.3 is 0 Å². The molecular formula is C32H46ClN7O3. The summed E-state index contributed by atoms with van der Waals surface area (Å²) in [5, 5.41) is 14.7. The van der Waals surface area contributed by atoms with E-state index >= 15 is 0 Å². The zero-order chi connectivity index (χ0) is 30.9. The molecule has 2 fully saturated rings. The van der Waals surface area contributed by atoms with Gasteiger partial charge < -0.3 is 19.3 Å². The number of rotatable bonds is 10. The SMILES string of the molecule is C=CC(=O)N1CCC(n2nc(N3CCN(C(COC)COC)C[C@]3(C)CC)c(-c3c(Cl)c(C)cc4[nH]ncc34)c2C)CC1. The van der Waals surface area contributed by atoms with Gasteiger partial charge in [-0.05, 0) is 57.7 Å². The van der Waals surface area contributed by atoms with Gasteiger partial charge in [0.1, 0.15) is 0 Å². The molecule has 0 bridgehead atoms. The van der Waals surface area contributed by atoms with E-state index < -0.39 is 0 Å². The van der Waals surface area contributed by atoms with Gasteiger partial charge in [-0.25, -0.2) is 0 Å². The van der Waals surface area contributed by atoms with Crippen LogP contribution in [0.4, 0.5) is 5.82 Å². The summed E-state index contributed by atoms with van der Waals surface area (Å²) in [6.07, 6.45) is 5.87. The Hall–Kier alpha value is -2.92. The molecule has 0 spiro atoms. The van der Waals surface area contributed by atoms with Crippen LogP contribution >= 0.6 is 11.6 Å². The number of aromatic nitrogens is 4. The Morgan fingerprint density at radius 1 is 1.19 bits per heavy atom. The van der Waals surface area contributed by atoms with E-state index in [1.54, 1.807) is 14.2 Å². The predicted octanol–water partition coefficient (Wildman–Crippen LogP) is 5.00. The van der Waals surface area contributed by atoms with Gasteiger partial charge in [0, 0.05) is 69.2 Å². The number of halogens is 1. The molecule has 2 aromatic heterocycles. The smallest absolute Gasteiger partial charge is 0.245 e. The minimum Gasteiger partial charge on any atom is -0.383 e. The Bertz CT molecular complexity index is 1450. The first-order valence-corrected chi connectivity index (χ1v) is 15.7. The van der Waals surface area contributed by atoms with Gasteiger partial charge in [-0.2, -0.15) is 10.2 Å². The number of fused-ring (bicyclic) bond motifs is 1. The van der Waals surface area contributed by atoms with Gasteiger partial charge in [-0.15, -0.1) is 0 Å². The number of aryl methyl sites for hydroxylation is 1. The summed E-state index contributed by atoms with van der Waals surface area (Å²) in [5.41, 5.74) is 4.87. The number of H-pyrrole nitrogens is 1. The molecule has 4 heterocycles. The zero-order valence-corrected chi connectivity index (χ0v) is 27.2. The molecule has 0 aliphatic carbocycles. The van der Waals surface area contributed by atoms with Crippen molar-refractivity contribution >= 4 is 34.2 Å². The molecule has 10 nitrogen and oxygen atoms in total. The first-order valence-electron chi connectivity index (χ1n) is 15.3. The standard InChI is InChI=1S/C32H46ClN7O3/c1-8-27(41)37-12-10-23(11-13-37)40-22(4)28(29-25-17-34-35-26(25)16-21(3)30(29)33)31(36-40)39-15-14-38(20-32(39,5)9-2)24(18-42-6)19-43-7/h8,16-17,23-24H,1,9-15,18-20H2,2-7H3,(H,34,35)/t32-/m0/s1. The van der Waals surface area contributed by atoms with Crippen LogP contribution in [0.3, 0.4) is 0 Å². The van der Waals surface area contributed by atoms with Crippen LogP contribution in [-0.2, 0) is 14.3 Å². The number of nitrogens with zero attached hydrogens (tertiary/aromatic N) is 6. The van der Waals surface area contributed by atoms with Crippen LogP contribution in [0.1, 0.15) is 50.4 Å². The second-order valence-corrected chi connectivity index (χ2v) is 12.6. The van der Waals surface area contributed by atoms with Crippen molar-refractivity contribution in [1.29, 1.82) is 0 Å². The number of anilines is 1. The molecule has 11 heteroatoms. The number of aromatic amines is 1. The van der Waals surface area contributed by atoms with Crippen LogP contribution in [0.25, 0.3) is 22.0 Å². The van der Waals surface area contributed by atoms with E-state index in [0.29, 0.717) is 26.3 Å². The summed E-state index contributed by atoms with van der Waals surface area (Å²) in [6, 6.07) is 2.41. The van der Waals surface area contributed by atoms with Crippen molar-refractivity contribution in [2.75, 3.05) is 65.1 Å². The lowest BCUT2D eigenvalue weighted by molar-refractivity contribution is -0.127. The average Bonchev–Trinajstić information content (AvgIpc) is 3.61. The summed E-state index contributed by atoms with van der Waals surface area (Å²) in [6.45, 7) is 17.6. The number of carbonyl (C=O) groups excluding carboxylic acids is 1. The molecule has 1 atom stereocenters. The lowest BCUT2D eigenvalue weighted by atomic mass is 9.90. The highest BCUT2D eigenvalue weighted by Gasteiger charge is 2.42. The number of nitrogens with one attached hydrogen (secondary N) is 1. The maximum Gasteiger partial charge on any atom is 0.245 e. The third-order valence-electron chi connectivity index (χ3n) is 9.60. The molecule has 3 aromatic rings. The predicted molar refractivity (Wildman–Crippen MR) is 172 cm³/mol. The molecule has 2 saturated heterocycles. The van der Waals surface area contributed by atoms with E-state index in [9.17, 15) is 4.79 Å². The van der Waals surface area contributed by atoms with Crippen molar-refractivity contribution in [2.24, 2.45) is 0 Å². The molecule has 234 valence electrons. The molecule has 5 rings (SSSR count). The van der Waals surface area contributed by atoms with Crippen LogP contribution in [0.15, 0.2) is 24.9 Å². The number of amides is 1. The normalized spacial score (nSPS) is 20.5. The number of piperazine rings is 1. The number of carbonyl (C=O) groups is 1. The molecule has 2 aliphatic heterocycles. The summed E-state index contributed by atoms with van der Waals surface area (Å²) < 4.78 is 13.3. The molecule has 2 aliphatic rings. The second kappa shape index (κ2) is 13.0. The van der Waals surface area contributed by atoms with Gasteiger partial charge in [-0.3, -0.25) is 19.5 Å². The van der Waals surface area contributed by atoms with Gasteiger partial charge in [0.25, 0.3) is 0 Å². The first kappa shape index (κ1) is 31.5. The largest absolute Gasteiger partial charge is 0.383 e. The van der Waals surface area contributed by atoms with Gasteiger partial charge in [0.2, 0.25) is 5.91 Å². The van der Waals surface area contributed by atoms with E-state index in [-0.39, 0.29) is 23.5 Å². The van der Waals surface area contributed by atoms with Crippen LogP contribution in [0, 0.1) is 13.8 Å². The number of hydrogen-bond acceptors (Lipinski definition) is 7. The van der Waals surface area contributed by atoms with E-state index in [0.717, 1.165) is 83.0 Å². The van der Waals surface area contributed by atoms with E-state index in [2.05, 4.69) is 58.1 Å². The fourth-order valence-electron chi connectivity index (χ4n) is 6.97. The fourth-order valence-corrected chi connectivity index (χ4v) is 7.22. The Labute approximate surface area is 259 Å². The van der Waals surface area contributed by atoms with Gasteiger partial charge in [0.15, 0.2) is 5.82 Å². The number of piperidine rings is 1. The Balaban J connectivity index is 1.62. The van der Waals surface area contributed by atoms with Crippen LogP contribution in [0.5, 0.6) is 0 Å². The third-order valence-corrected chi connectivity index (χ3v) is 10.1. The molecule has 1 N–H and O–H groups in total. The van der Waals surface area contributed by atoms with Crippen LogP contribution in [0.2, 0.25) is 5.02 Å². The molecule has 0 unspecified atom stereocenters. The maximum atomic E-state index is 12.3. The number of benzene rings is 1. The molecular weight excluding hydrogens is 566 g/mol. The minimum atomic E-state index is -0.191. The van der Waals surface area contributed by atoms with E-state index in [1.165, 1.54) is 6.08 Å². The molecule has 1 amide bonds. The minimum absolute atomic E-state index is 0.0114. The zero-order valence-electron chi connectivity index (χ0n) is 26.5. The number of hydrogen-bond donors (Lipinski definition) is 1. The van der Waals surface area contributed by atoms with Crippen LogP contribution < -0.4 is 4.90 Å². The second-order valence-electron chi connectivity index (χ2n) is 12.2. The van der Waals surface area contributed by atoms with Crippen molar-refractivity contribution in [1.82, 2.24) is 29.8 Å². The molecule has 0 saturated carbocycles. The van der Waals surface area contributed by atoms with Crippen molar-refractivity contribution in [3.05, 3.63) is 41.2 Å². The third kappa shape index (κ3) is 5.82. The summed E-state index contributed by atoms with van der Waals surface area (Å²) in [7, 11) is 3.50. The maximum absolute atomic E-state index is 12.3. The first-order chi connectivity index (χ1) is 20.7. The monoisotopic (exact) mass is 611 g/mol. The summed E-state index contributed by atoms with van der Waals surface area (Å²) in [4.78, 5) is 19.2. The highest BCUT2D eigenvalue weighted by molar-refractivity contribution is 6.36. The van der Waals surface area contributed by atoms with Gasteiger partial charge in [-0.1, -0.05) is 25.1 Å². The number of methoxy groups -OCH3 is 2. The van der Waals surface area contributed by atoms with Crippen molar-refractivity contribution < 1.29 is 14.3 Å². The molecule has 43 heavy (non-hydrogen) atoms. The Kier molecular flexibility index (Phi) is 9.51. The van der Waals surface area contributed by atoms with Crippen molar-refractivity contribution in [3.8, 4) is 11.1 Å². The van der Waals surface area contributed by atoms with Crippen LogP contribution in [-0.4, -0.2) is 107 Å². The number of likely N-dealkylation sites (tertiary alicyclic amines) is 1. The quantitative estimate of drug-likeness (QED) is 0.323. The fraction of sp³-hybridized carbons (Fsp3) is 0.594. The Morgan fingerprint density at radius 2 is 1.88 bits per heavy atom. The number of ether oxygens (including phenoxy) is 2. The van der Waals surface area contributed by atoms with Gasteiger partial charge in [0.05, 0.1) is 47.6 Å². The average molecular weight is 612 g/mol.